The minimum absolute atomic E-state index is 0.0475. The van der Waals surface area contributed by atoms with Crippen molar-refractivity contribution in [2.75, 3.05) is 0 Å². The average Bonchev–Trinajstić information content (AvgIpc) is 3.40. The fourth-order valence-electron chi connectivity index (χ4n) is 9.85. The number of aliphatic hydroxyl groups is 2. The van der Waals surface area contributed by atoms with Gasteiger partial charge in [0.15, 0.2) is 0 Å². The zero-order valence-corrected chi connectivity index (χ0v) is 21.3. The zero-order chi connectivity index (χ0) is 23.7. The second kappa shape index (κ2) is 8.34. The first kappa shape index (κ1) is 23.0. The lowest BCUT2D eigenvalue weighted by atomic mass is 9.43. The third-order valence-corrected chi connectivity index (χ3v) is 11.8. The number of benzene rings is 1. The fraction of sp³-hybridized carbons (Fsp3) is 0.767. The van der Waals surface area contributed by atoms with Crippen LogP contribution in [0.3, 0.4) is 0 Å². The van der Waals surface area contributed by atoms with Crippen LogP contribution < -0.4 is 0 Å². The van der Waals surface area contributed by atoms with Crippen LogP contribution in [0.5, 0.6) is 0 Å². The number of para-hydroxylation sites is 2. The number of nitrogens with one attached hydrogen (secondary N) is 1. The highest BCUT2D eigenvalue weighted by Gasteiger charge is 2.63. The van der Waals surface area contributed by atoms with Crippen LogP contribution >= 0.6 is 0 Å². The van der Waals surface area contributed by atoms with Gasteiger partial charge < -0.3 is 15.2 Å². The Hall–Kier alpha value is -1.39. The van der Waals surface area contributed by atoms with Gasteiger partial charge in [-0.1, -0.05) is 32.9 Å². The van der Waals surface area contributed by atoms with E-state index in [9.17, 15) is 10.2 Å². The molecule has 4 aliphatic carbocycles. The second-order valence-corrected chi connectivity index (χ2v) is 13.1. The Morgan fingerprint density at radius 2 is 1.85 bits per heavy atom. The summed E-state index contributed by atoms with van der Waals surface area (Å²) < 4.78 is 0. The van der Waals surface area contributed by atoms with Crippen molar-refractivity contribution in [2.24, 2.45) is 46.3 Å². The number of H-pyrrole nitrogens is 1. The van der Waals surface area contributed by atoms with Crippen molar-refractivity contribution in [3.05, 3.63) is 30.1 Å². The number of aliphatic hydroxyl groups excluding tert-OH is 2. The Bertz CT molecular complexity index is 1000. The molecule has 6 rings (SSSR count). The minimum atomic E-state index is -0.192. The number of nitrogens with zero attached hydrogens (tertiary/aromatic N) is 1. The van der Waals surface area contributed by atoms with E-state index in [1.807, 2.05) is 0 Å². The van der Waals surface area contributed by atoms with Crippen LogP contribution in [0.2, 0.25) is 0 Å². The summed E-state index contributed by atoms with van der Waals surface area (Å²) >= 11 is 0. The molecule has 0 aliphatic heterocycles. The van der Waals surface area contributed by atoms with Crippen molar-refractivity contribution in [1.82, 2.24) is 9.97 Å². The van der Waals surface area contributed by atoms with Gasteiger partial charge in [0.05, 0.1) is 23.2 Å². The molecule has 0 spiro atoms. The molecule has 0 amide bonds. The minimum Gasteiger partial charge on any atom is -0.393 e. The molecule has 2 aromatic rings. The van der Waals surface area contributed by atoms with E-state index < -0.39 is 0 Å². The molecule has 5 unspecified atom stereocenters. The highest BCUT2D eigenvalue weighted by molar-refractivity contribution is 5.74. The second-order valence-electron chi connectivity index (χ2n) is 13.1. The van der Waals surface area contributed by atoms with E-state index in [1.165, 1.54) is 25.7 Å². The third kappa shape index (κ3) is 3.42. The quantitative estimate of drug-likeness (QED) is 0.510. The molecule has 1 aromatic carbocycles. The molecule has 0 bridgehead atoms. The monoisotopic (exact) mass is 464 g/mol. The molecule has 186 valence electrons. The van der Waals surface area contributed by atoms with E-state index in [4.69, 9.17) is 4.98 Å². The van der Waals surface area contributed by atoms with Crippen molar-refractivity contribution in [3.8, 4) is 0 Å². The number of rotatable bonds is 4. The van der Waals surface area contributed by atoms with Crippen LogP contribution in [-0.4, -0.2) is 32.4 Å². The van der Waals surface area contributed by atoms with E-state index >= 15 is 0 Å². The Balaban J connectivity index is 1.18. The number of hydrogen-bond donors (Lipinski definition) is 3. The molecule has 0 saturated heterocycles. The van der Waals surface area contributed by atoms with Gasteiger partial charge in [-0.15, -0.1) is 0 Å². The first-order valence-corrected chi connectivity index (χ1v) is 14.1. The summed E-state index contributed by atoms with van der Waals surface area (Å²) in [6.07, 6.45) is 11.0. The molecule has 4 nitrogen and oxygen atoms in total. The number of aromatic nitrogens is 2. The molecule has 4 heteroatoms. The molecule has 4 saturated carbocycles. The molecule has 34 heavy (non-hydrogen) atoms. The van der Waals surface area contributed by atoms with E-state index in [0.717, 1.165) is 61.3 Å². The van der Waals surface area contributed by atoms with E-state index in [-0.39, 0.29) is 17.6 Å². The lowest BCUT2D eigenvalue weighted by molar-refractivity contribution is -0.174. The Labute approximate surface area is 205 Å². The van der Waals surface area contributed by atoms with Crippen LogP contribution in [-0.2, 0) is 6.42 Å². The van der Waals surface area contributed by atoms with Crippen molar-refractivity contribution < 1.29 is 10.2 Å². The molecule has 1 aromatic heterocycles. The maximum absolute atomic E-state index is 11.8. The van der Waals surface area contributed by atoms with Gasteiger partial charge in [-0.2, -0.15) is 0 Å². The average molecular weight is 465 g/mol. The Morgan fingerprint density at radius 1 is 1.03 bits per heavy atom. The van der Waals surface area contributed by atoms with E-state index in [2.05, 4.69) is 50.0 Å². The van der Waals surface area contributed by atoms with Crippen molar-refractivity contribution in [2.45, 2.75) is 97.2 Å². The normalized spacial score (nSPS) is 44.9. The highest BCUT2D eigenvalue weighted by Crippen LogP contribution is 2.68. The molecular formula is C30H44N2O2. The van der Waals surface area contributed by atoms with Gasteiger partial charge in [-0.05, 0) is 116 Å². The summed E-state index contributed by atoms with van der Waals surface area (Å²) in [5.41, 5.74) is 2.55. The summed E-state index contributed by atoms with van der Waals surface area (Å²) in [4.78, 5) is 8.32. The lowest BCUT2D eigenvalue weighted by Crippen LogP contribution is -2.58. The van der Waals surface area contributed by atoms with Crippen molar-refractivity contribution in [3.63, 3.8) is 0 Å². The number of aryl methyl sites for hydroxylation is 1. The lowest BCUT2D eigenvalue weighted by Gasteiger charge is -2.62. The number of fused-ring (bicyclic) bond motifs is 6. The first-order valence-electron chi connectivity index (χ1n) is 14.1. The predicted octanol–water partition coefficient (Wildman–Crippen LogP) is 6.12. The third-order valence-electron chi connectivity index (χ3n) is 11.8. The SMILES string of the molecule is CC(CCc1nc2ccccc2[nH]1)C1CCC2C3CC[C@@H]4C[C@H](O)CC[C@]4(C)C3C[C@H](O)[C@]12C. The topological polar surface area (TPSA) is 69.1 Å². The van der Waals surface area contributed by atoms with Gasteiger partial charge in [0.1, 0.15) is 5.82 Å². The van der Waals surface area contributed by atoms with E-state index in [0.29, 0.717) is 35.0 Å². The first-order chi connectivity index (χ1) is 16.3. The molecule has 1 heterocycles. The number of aromatic amines is 1. The van der Waals surface area contributed by atoms with Crippen LogP contribution in [0.4, 0.5) is 0 Å². The van der Waals surface area contributed by atoms with Gasteiger partial charge in [0, 0.05) is 6.42 Å². The molecule has 10 atom stereocenters. The van der Waals surface area contributed by atoms with E-state index in [1.54, 1.807) is 0 Å². The number of hydrogen-bond acceptors (Lipinski definition) is 3. The smallest absolute Gasteiger partial charge is 0.107 e. The number of imidazole rings is 1. The van der Waals surface area contributed by atoms with Gasteiger partial charge >= 0.3 is 0 Å². The summed E-state index contributed by atoms with van der Waals surface area (Å²) in [6, 6.07) is 8.30. The molecule has 4 aliphatic rings. The highest BCUT2D eigenvalue weighted by atomic mass is 16.3. The summed E-state index contributed by atoms with van der Waals surface area (Å²) in [6.45, 7) is 7.39. The van der Waals surface area contributed by atoms with Crippen molar-refractivity contribution >= 4 is 11.0 Å². The summed E-state index contributed by atoms with van der Waals surface area (Å²) in [5, 5.41) is 22.1. The molecular weight excluding hydrogens is 420 g/mol. The molecule has 4 fully saturated rings. The summed E-state index contributed by atoms with van der Waals surface area (Å²) in [5.74, 6) is 4.98. The zero-order valence-electron chi connectivity index (χ0n) is 21.3. The largest absolute Gasteiger partial charge is 0.393 e. The van der Waals surface area contributed by atoms with Gasteiger partial charge in [-0.3, -0.25) is 0 Å². The van der Waals surface area contributed by atoms with Crippen LogP contribution in [0.15, 0.2) is 24.3 Å². The maximum atomic E-state index is 11.8. The van der Waals surface area contributed by atoms with Crippen LogP contribution in [0, 0.1) is 46.3 Å². The fourth-order valence-corrected chi connectivity index (χ4v) is 9.85. The maximum Gasteiger partial charge on any atom is 0.107 e. The van der Waals surface area contributed by atoms with Gasteiger partial charge in [0.2, 0.25) is 0 Å². The van der Waals surface area contributed by atoms with Crippen LogP contribution in [0.25, 0.3) is 11.0 Å². The molecule has 3 N–H and O–H groups in total. The van der Waals surface area contributed by atoms with Gasteiger partial charge in [-0.25, -0.2) is 4.98 Å². The Morgan fingerprint density at radius 3 is 2.68 bits per heavy atom. The summed E-state index contributed by atoms with van der Waals surface area (Å²) in [7, 11) is 0. The van der Waals surface area contributed by atoms with Crippen LogP contribution in [0.1, 0.15) is 84.4 Å². The molecule has 0 radical (unpaired) electrons. The van der Waals surface area contributed by atoms with Gasteiger partial charge in [0.25, 0.3) is 0 Å². The Kier molecular flexibility index (Phi) is 5.65. The predicted molar refractivity (Wildman–Crippen MR) is 136 cm³/mol. The van der Waals surface area contributed by atoms with Crippen molar-refractivity contribution in [1.29, 1.82) is 0 Å². The standard InChI is InChI=1S/C30H44N2O2/c1-18(8-13-28-31-25-6-4-5-7-26(25)32-28)22-11-12-23-21-10-9-19-16-20(33)14-15-29(19,2)24(21)17-27(34)30(22,23)3/h4-7,18-24,27,33-34H,8-17H2,1-3H3,(H,31,32)/t18?,19-,20-,21?,22?,23?,24?,27+,29+,30-/m1/s1.